The Labute approximate surface area is 125 Å². The van der Waals surface area contributed by atoms with Crippen LogP contribution in [-0.2, 0) is 12.8 Å². The van der Waals surface area contributed by atoms with Crippen LogP contribution in [0.15, 0.2) is 43.0 Å². The molecule has 0 aliphatic rings. The number of rotatable bonds is 5. The van der Waals surface area contributed by atoms with Gasteiger partial charge in [0.25, 0.3) is 0 Å². The zero-order chi connectivity index (χ0) is 15.4. The van der Waals surface area contributed by atoms with Crippen LogP contribution in [0.2, 0.25) is 0 Å². The number of hydrogen-bond acceptors (Lipinski definition) is 1. The van der Waals surface area contributed by atoms with Crippen molar-refractivity contribution in [3.05, 3.63) is 76.6 Å². The molecule has 2 aromatic carbocycles. The molecule has 0 saturated heterocycles. The van der Waals surface area contributed by atoms with E-state index >= 15 is 0 Å². The van der Waals surface area contributed by atoms with Gasteiger partial charge in [0.1, 0.15) is 5.82 Å². The molecule has 0 bridgehead atoms. The normalized spacial score (nSPS) is 10.4. The molecule has 108 valence electrons. The van der Waals surface area contributed by atoms with Crippen molar-refractivity contribution in [1.82, 2.24) is 0 Å². The largest absolute Gasteiger partial charge is 0.308 e. The van der Waals surface area contributed by atoms with Crippen molar-refractivity contribution in [3.63, 3.8) is 0 Å². The summed E-state index contributed by atoms with van der Waals surface area (Å²) in [5.74, 6) is -0.259. The van der Waals surface area contributed by atoms with E-state index in [0.717, 1.165) is 23.1 Å². The van der Waals surface area contributed by atoms with E-state index in [1.165, 1.54) is 17.8 Å². The first-order valence-corrected chi connectivity index (χ1v) is 7.13. The smallest absolute Gasteiger partial charge is 0.127 e. The van der Waals surface area contributed by atoms with Crippen LogP contribution in [0.25, 0.3) is 5.57 Å². The molecule has 0 fully saturated rings. The van der Waals surface area contributed by atoms with Gasteiger partial charge in [-0.25, -0.2) is 4.39 Å². The predicted molar refractivity (Wildman–Crippen MR) is 87.6 cm³/mol. The van der Waals surface area contributed by atoms with Crippen molar-refractivity contribution in [1.29, 1.82) is 5.41 Å². The maximum atomic E-state index is 14.1. The Balaban J connectivity index is 2.55. The fraction of sp³-hybridized carbons (Fsp3) is 0.211. The van der Waals surface area contributed by atoms with Crippen molar-refractivity contribution in [2.45, 2.75) is 26.7 Å². The average molecular weight is 281 g/mol. The molecule has 2 rings (SSSR count). The van der Waals surface area contributed by atoms with E-state index in [2.05, 4.69) is 19.6 Å². The fourth-order valence-corrected chi connectivity index (χ4v) is 2.73. The third-order valence-electron chi connectivity index (χ3n) is 3.72. The van der Waals surface area contributed by atoms with Gasteiger partial charge in [-0.05, 0) is 41.7 Å². The van der Waals surface area contributed by atoms with E-state index in [0.29, 0.717) is 17.5 Å². The quantitative estimate of drug-likeness (QED) is 0.745. The number of aryl methyl sites for hydroxylation is 1. The van der Waals surface area contributed by atoms with Gasteiger partial charge < -0.3 is 5.41 Å². The van der Waals surface area contributed by atoms with E-state index in [4.69, 9.17) is 5.41 Å². The van der Waals surface area contributed by atoms with Gasteiger partial charge in [-0.1, -0.05) is 49.4 Å². The maximum Gasteiger partial charge on any atom is 0.127 e. The maximum absolute atomic E-state index is 14.1. The summed E-state index contributed by atoms with van der Waals surface area (Å²) in [4.78, 5) is 0. The van der Waals surface area contributed by atoms with Crippen LogP contribution in [0, 0.1) is 11.2 Å². The Morgan fingerprint density at radius 2 is 1.86 bits per heavy atom. The lowest BCUT2D eigenvalue weighted by Crippen LogP contribution is -2.03. The summed E-state index contributed by atoms with van der Waals surface area (Å²) in [7, 11) is 0. The van der Waals surface area contributed by atoms with Crippen LogP contribution < -0.4 is 0 Å². The van der Waals surface area contributed by atoms with Gasteiger partial charge in [0.2, 0.25) is 0 Å². The number of allylic oxidation sites excluding steroid dienone is 1. The third kappa shape index (κ3) is 3.10. The van der Waals surface area contributed by atoms with Crippen molar-refractivity contribution >= 4 is 11.8 Å². The highest BCUT2D eigenvalue weighted by atomic mass is 19.1. The van der Waals surface area contributed by atoms with Gasteiger partial charge in [-0.2, -0.15) is 0 Å². The summed E-state index contributed by atoms with van der Waals surface area (Å²) in [6.07, 6.45) is 2.61. The Morgan fingerprint density at radius 1 is 1.19 bits per heavy atom. The van der Waals surface area contributed by atoms with Crippen LogP contribution in [0.4, 0.5) is 4.39 Å². The van der Waals surface area contributed by atoms with Gasteiger partial charge in [0.15, 0.2) is 0 Å². The molecule has 1 nitrogen and oxygen atoms in total. The van der Waals surface area contributed by atoms with Gasteiger partial charge in [-0.3, -0.25) is 0 Å². The van der Waals surface area contributed by atoms with Crippen molar-refractivity contribution in [2.75, 3.05) is 0 Å². The molecule has 0 spiro atoms. The highest BCUT2D eigenvalue weighted by Crippen LogP contribution is 2.26. The first-order valence-electron chi connectivity index (χ1n) is 7.13. The molecular formula is C19H20FN. The summed E-state index contributed by atoms with van der Waals surface area (Å²) in [5.41, 5.74) is 5.62. The second kappa shape index (κ2) is 6.49. The highest BCUT2D eigenvalue weighted by Gasteiger charge is 2.13. The molecule has 0 amide bonds. The van der Waals surface area contributed by atoms with E-state index in [9.17, 15) is 4.39 Å². The molecule has 0 aromatic heterocycles. The standard InChI is InChI=1S/C19H20FN/c1-4-14-7-5-8-15(19(14)13(2)3)11-17-16(12-21)9-6-10-18(17)20/h5-10,12,21H,2,4,11H2,1,3H3. The zero-order valence-corrected chi connectivity index (χ0v) is 12.5. The molecule has 0 unspecified atom stereocenters. The van der Waals surface area contributed by atoms with E-state index in [1.807, 2.05) is 19.1 Å². The highest BCUT2D eigenvalue weighted by molar-refractivity contribution is 5.80. The van der Waals surface area contributed by atoms with Gasteiger partial charge in [-0.15, -0.1) is 0 Å². The summed E-state index contributed by atoms with van der Waals surface area (Å²) in [6.45, 7) is 8.15. The van der Waals surface area contributed by atoms with Crippen LogP contribution in [0.1, 0.15) is 41.7 Å². The van der Waals surface area contributed by atoms with Crippen LogP contribution in [0.5, 0.6) is 0 Å². The van der Waals surface area contributed by atoms with Gasteiger partial charge in [0, 0.05) is 18.2 Å². The number of benzene rings is 2. The predicted octanol–water partition coefficient (Wildman–Crippen LogP) is 5.01. The molecule has 2 heteroatoms. The molecule has 2 aromatic rings. The van der Waals surface area contributed by atoms with Crippen LogP contribution in [-0.4, -0.2) is 6.21 Å². The Morgan fingerprint density at radius 3 is 2.48 bits per heavy atom. The third-order valence-corrected chi connectivity index (χ3v) is 3.72. The second-order valence-corrected chi connectivity index (χ2v) is 5.21. The van der Waals surface area contributed by atoms with Crippen LogP contribution in [0.3, 0.4) is 0 Å². The molecule has 0 aliphatic heterocycles. The number of halogens is 1. The van der Waals surface area contributed by atoms with Crippen LogP contribution >= 0.6 is 0 Å². The van der Waals surface area contributed by atoms with E-state index in [-0.39, 0.29) is 5.82 Å². The van der Waals surface area contributed by atoms with Crippen molar-refractivity contribution in [3.8, 4) is 0 Å². The topological polar surface area (TPSA) is 23.9 Å². The SMILES string of the molecule is C=C(C)c1c(CC)cccc1Cc1c(F)cccc1C=N. The second-order valence-electron chi connectivity index (χ2n) is 5.21. The molecule has 0 atom stereocenters. The molecule has 0 saturated carbocycles. The molecule has 0 aliphatic carbocycles. The minimum atomic E-state index is -0.259. The Bertz CT molecular complexity index is 686. The first kappa shape index (κ1) is 15.2. The van der Waals surface area contributed by atoms with Crippen molar-refractivity contribution < 1.29 is 4.39 Å². The molecule has 21 heavy (non-hydrogen) atoms. The molecule has 0 radical (unpaired) electrons. The molecule has 1 N–H and O–H groups in total. The summed E-state index contributed by atoms with van der Waals surface area (Å²) >= 11 is 0. The summed E-state index contributed by atoms with van der Waals surface area (Å²) < 4.78 is 14.1. The Kier molecular flexibility index (Phi) is 4.69. The fourth-order valence-electron chi connectivity index (χ4n) is 2.73. The molecular weight excluding hydrogens is 261 g/mol. The van der Waals surface area contributed by atoms with Crippen molar-refractivity contribution in [2.24, 2.45) is 0 Å². The lowest BCUT2D eigenvalue weighted by Gasteiger charge is -2.15. The monoisotopic (exact) mass is 281 g/mol. The lowest BCUT2D eigenvalue weighted by atomic mass is 9.90. The first-order chi connectivity index (χ1) is 10.1. The lowest BCUT2D eigenvalue weighted by molar-refractivity contribution is 0.613. The van der Waals surface area contributed by atoms with E-state index < -0.39 is 0 Å². The number of hydrogen-bond donors (Lipinski definition) is 1. The average Bonchev–Trinajstić information content (AvgIpc) is 2.48. The summed E-state index contributed by atoms with van der Waals surface area (Å²) in [5, 5.41) is 7.45. The number of nitrogens with one attached hydrogen (secondary N) is 1. The van der Waals surface area contributed by atoms with Gasteiger partial charge in [0.05, 0.1) is 0 Å². The molecule has 0 heterocycles. The minimum Gasteiger partial charge on any atom is -0.308 e. The van der Waals surface area contributed by atoms with E-state index in [1.54, 1.807) is 12.1 Å². The Hall–Kier alpha value is -2.22. The summed E-state index contributed by atoms with van der Waals surface area (Å²) in [6, 6.07) is 11.0. The zero-order valence-electron chi connectivity index (χ0n) is 12.5. The van der Waals surface area contributed by atoms with Gasteiger partial charge >= 0.3 is 0 Å². The minimum absolute atomic E-state index is 0.259.